The minimum Gasteiger partial charge on any atom is -0.511 e. The Morgan fingerprint density at radius 3 is 1.33 bits per heavy atom. The highest BCUT2D eigenvalue weighted by molar-refractivity contribution is 6.22. The molecule has 0 unspecified atom stereocenters. The molecule has 0 saturated heterocycles. The Hall–Kier alpha value is -0.133. The van der Waals surface area contributed by atoms with Gasteiger partial charge in [0, 0.05) is 0 Å². The second-order valence-electron chi connectivity index (χ2n) is 0.283. The normalized spacial score (nSPS) is 4.00. The van der Waals surface area contributed by atoms with E-state index in [1.807, 2.05) is 0 Å². The molecule has 0 radical (unpaired) electrons. The van der Waals surface area contributed by atoms with Gasteiger partial charge in [-0.25, -0.2) is 0 Å². The average molecular weight is 132 g/mol. The first-order valence-corrected chi connectivity index (χ1v) is 1.95. The fourth-order valence-electron chi connectivity index (χ4n) is 0. The van der Waals surface area contributed by atoms with E-state index in [4.69, 9.17) is 14.1 Å². The lowest BCUT2D eigenvalue weighted by molar-refractivity contribution is 0.330. The van der Waals surface area contributed by atoms with E-state index in [-0.39, 0.29) is 18.6 Å². The van der Waals surface area contributed by atoms with Gasteiger partial charge in [0.05, 0.1) is 0 Å². The standard InChI is InChI=1S/ClH.H3N.H2O3Si/c;;1-4(2)3/h1H;1H3;1-2H. The maximum absolute atomic E-state index is 8.74. The van der Waals surface area contributed by atoms with Crippen molar-refractivity contribution in [2.24, 2.45) is 0 Å². The first-order chi connectivity index (χ1) is 1.73. The summed E-state index contributed by atoms with van der Waals surface area (Å²) in [6, 6.07) is 0. The van der Waals surface area contributed by atoms with Crippen LogP contribution in [0.25, 0.3) is 0 Å². The summed E-state index contributed by atoms with van der Waals surface area (Å²) in [5, 5.41) is 0. The molecular weight excluding hydrogens is 126 g/mol. The van der Waals surface area contributed by atoms with Gasteiger partial charge in [-0.05, 0) is 0 Å². The second kappa shape index (κ2) is 8.85. The molecule has 0 heterocycles. The number of hydrogen-bond acceptors (Lipinski definition) is 2. The van der Waals surface area contributed by atoms with Gasteiger partial charge in [0.25, 0.3) is 0 Å². The molecule has 6 heteroatoms. The third-order valence-electron chi connectivity index (χ3n) is 0. The molecule has 4 nitrogen and oxygen atoms in total. The smallest absolute Gasteiger partial charge is 0.511 e. The van der Waals surface area contributed by atoms with E-state index in [1.165, 1.54) is 0 Å². The summed E-state index contributed by atoms with van der Waals surface area (Å²) in [4.78, 5) is 14.3. The second-order valence-corrected chi connectivity index (χ2v) is 0.848. The number of halogens is 1. The first kappa shape index (κ1) is 16.9. The molecule has 0 aromatic rings. The van der Waals surface area contributed by atoms with Crippen molar-refractivity contribution in [1.82, 2.24) is 6.15 Å². The summed E-state index contributed by atoms with van der Waals surface area (Å²) in [5.74, 6) is 0. The van der Waals surface area contributed by atoms with Crippen LogP contribution in [0.5, 0.6) is 0 Å². The van der Waals surface area contributed by atoms with Gasteiger partial charge in [-0.3, -0.25) is 4.46 Å². The van der Waals surface area contributed by atoms with Gasteiger partial charge in [0.15, 0.2) is 0 Å². The maximum atomic E-state index is 8.74. The topological polar surface area (TPSA) is 92.5 Å². The van der Waals surface area contributed by atoms with Crippen LogP contribution in [-0.2, 0) is 4.46 Å². The van der Waals surface area contributed by atoms with Crippen LogP contribution in [-0.4, -0.2) is 18.8 Å². The van der Waals surface area contributed by atoms with Crippen molar-refractivity contribution >= 4 is 21.6 Å². The van der Waals surface area contributed by atoms with E-state index in [1.54, 1.807) is 0 Å². The summed E-state index contributed by atoms with van der Waals surface area (Å²) in [6.07, 6.45) is 0. The van der Waals surface area contributed by atoms with Crippen LogP contribution >= 0.6 is 12.4 Å². The molecule has 6 heavy (non-hydrogen) atoms. The summed E-state index contributed by atoms with van der Waals surface area (Å²) in [6.45, 7) is 0. The van der Waals surface area contributed by atoms with Crippen LogP contribution in [0.3, 0.4) is 0 Å². The monoisotopic (exact) mass is 131 g/mol. The maximum Gasteiger partial charge on any atom is 0.761 e. The van der Waals surface area contributed by atoms with E-state index in [0.717, 1.165) is 0 Å². The Morgan fingerprint density at radius 2 is 1.33 bits per heavy atom. The van der Waals surface area contributed by atoms with Gasteiger partial charge in [-0.15, -0.1) is 12.4 Å². The highest BCUT2D eigenvalue weighted by atomic mass is 35.5. The van der Waals surface area contributed by atoms with E-state index in [9.17, 15) is 0 Å². The molecule has 5 N–H and O–H groups in total. The van der Waals surface area contributed by atoms with E-state index >= 15 is 0 Å². The molecule has 0 saturated carbocycles. The van der Waals surface area contributed by atoms with Crippen molar-refractivity contribution in [1.29, 1.82) is 0 Å². The van der Waals surface area contributed by atoms with Crippen LogP contribution in [0.2, 0.25) is 0 Å². The molecule has 0 amide bonds. The minimum atomic E-state index is -3.13. The van der Waals surface area contributed by atoms with Gasteiger partial charge < -0.3 is 15.7 Å². The Kier molecular flexibility index (Phi) is 25.0. The minimum absolute atomic E-state index is 0. The predicted octanol–water partition coefficient (Wildman–Crippen LogP) is -1.03. The fourth-order valence-corrected chi connectivity index (χ4v) is 0. The van der Waals surface area contributed by atoms with Crippen molar-refractivity contribution in [3.63, 3.8) is 0 Å². The number of hydrogen-bond donors (Lipinski definition) is 3. The SMILES string of the molecule is Cl.N.O=[Si](O)O. The van der Waals surface area contributed by atoms with E-state index < -0.39 is 9.17 Å². The fraction of sp³-hybridized carbons (Fsp3) is 0. The van der Waals surface area contributed by atoms with E-state index in [2.05, 4.69) is 0 Å². The molecule has 0 rings (SSSR count). The zero-order chi connectivity index (χ0) is 3.58. The summed E-state index contributed by atoms with van der Waals surface area (Å²) in [5.41, 5.74) is 0. The van der Waals surface area contributed by atoms with Crippen LogP contribution in [0.15, 0.2) is 0 Å². The molecule has 0 fully saturated rings. The lowest BCUT2D eigenvalue weighted by atomic mass is 14.0. The number of rotatable bonds is 0. The molecule has 0 aromatic carbocycles. The van der Waals surface area contributed by atoms with Gasteiger partial charge in [0.2, 0.25) is 0 Å². The third kappa shape index (κ3) is 1790. The van der Waals surface area contributed by atoms with Crippen LogP contribution < -0.4 is 6.15 Å². The first-order valence-electron chi connectivity index (χ1n) is 0.651. The summed E-state index contributed by atoms with van der Waals surface area (Å²) >= 11 is 0. The zero-order valence-electron chi connectivity index (χ0n) is 2.92. The zero-order valence-corrected chi connectivity index (χ0v) is 4.73. The van der Waals surface area contributed by atoms with Gasteiger partial charge >= 0.3 is 9.17 Å². The van der Waals surface area contributed by atoms with Crippen LogP contribution in [0.4, 0.5) is 0 Å². The lowest BCUT2D eigenvalue weighted by Crippen LogP contribution is -1.90. The van der Waals surface area contributed by atoms with Gasteiger partial charge in [-0.1, -0.05) is 0 Å². The molecule has 0 bridgehead atoms. The molecular formula is H6ClNO3Si. The van der Waals surface area contributed by atoms with Crippen molar-refractivity contribution in [3.05, 3.63) is 0 Å². The van der Waals surface area contributed by atoms with Crippen molar-refractivity contribution in [3.8, 4) is 0 Å². The lowest BCUT2D eigenvalue weighted by Gasteiger charge is -1.55. The van der Waals surface area contributed by atoms with Gasteiger partial charge in [-0.2, -0.15) is 0 Å². The summed E-state index contributed by atoms with van der Waals surface area (Å²) in [7, 11) is -3.13. The molecule has 0 aliphatic carbocycles. The van der Waals surface area contributed by atoms with Crippen LogP contribution in [0.1, 0.15) is 0 Å². The highest BCUT2D eigenvalue weighted by Gasteiger charge is 1.85. The molecule has 0 atom stereocenters. The molecule has 0 aliphatic rings. The Balaban J connectivity index is -0.0000000450. The molecule has 0 spiro atoms. The highest BCUT2D eigenvalue weighted by Crippen LogP contribution is 1.27. The molecule has 0 aliphatic heterocycles. The average Bonchev–Trinajstić information content (AvgIpc) is 0.811. The molecule has 0 aromatic heterocycles. The van der Waals surface area contributed by atoms with Crippen molar-refractivity contribution < 1.29 is 14.1 Å². The van der Waals surface area contributed by atoms with Crippen LogP contribution in [0, 0.1) is 0 Å². The molecule has 40 valence electrons. The Morgan fingerprint density at radius 1 is 1.33 bits per heavy atom. The summed E-state index contributed by atoms with van der Waals surface area (Å²) < 4.78 is 8.74. The van der Waals surface area contributed by atoms with Gasteiger partial charge in [0.1, 0.15) is 0 Å². The third-order valence-corrected chi connectivity index (χ3v) is 0. The Bertz CT molecular complexity index is 33.8. The van der Waals surface area contributed by atoms with E-state index in [0.29, 0.717) is 0 Å². The predicted molar refractivity (Wildman–Crippen MR) is 23.1 cm³/mol. The quantitative estimate of drug-likeness (QED) is 0.367. The largest absolute Gasteiger partial charge is 0.761 e. The van der Waals surface area contributed by atoms with Crippen molar-refractivity contribution in [2.45, 2.75) is 0 Å². The Labute approximate surface area is 42.7 Å². The van der Waals surface area contributed by atoms with Crippen molar-refractivity contribution in [2.75, 3.05) is 0 Å².